The quantitative estimate of drug-likeness (QED) is 0.663. The first kappa shape index (κ1) is 17.7. The summed E-state index contributed by atoms with van der Waals surface area (Å²) in [5, 5.41) is 9.17. The first-order chi connectivity index (χ1) is 12.3. The summed E-state index contributed by atoms with van der Waals surface area (Å²) in [5.74, 6) is 4.50. The molecule has 132 valence electrons. The third-order valence-corrected chi connectivity index (χ3v) is 3.88. The third-order valence-electron chi connectivity index (χ3n) is 3.88. The molecule has 0 bridgehead atoms. The molecule has 4 nitrogen and oxygen atoms in total. The lowest BCUT2D eigenvalue weighted by molar-refractivity contribution is -0.206. The maximum Gasteiger partial charge on any atom is 0.418 e. The molecule has 0 saturated carbocycles. The summed E-state index contributed by atoms with van der Waals surface area (Å²) in [6.07, 6.45) is -7.29. The van der Waals surface area contributed by atoms with Crippen LogP contribution in [0, 0.1) is 11.8 Å². The number of alkyl halides is 3. The summed E-state index contributed by atoms with van der Waals surface area (Å²) in [6, 6.07) is 11.4. The first-order valence-corrected chi connectivity index (χ1v) is 7.58. The number of rotatable bonds is 2. The van der Waals surface area contributed by atoms with Crippen LogP contribution < -0.4 is 0 Å². The zero-order chi connectivity index (χ0) is 18.9. The van der Waals surface area contributed by atoms with Crippen molar-refractivity contribution in [3.8, 4) is 11.8 Å². The predicted octanol–water partition coefficient (Wildman–Crippen LogP) is 2.93. The Morgan fingerprint density at radius 3 is 2.00 bits per heavy atom. The number of aliphatic hydroxyl groups is 1. The molecule has 0 aromatic heterocycles. The van der Waals surface area contributed by atoms with Gasteiger partial charge in [-0.25, -0.2) is 0 Å². The van der Waals surface area contributed by atoms with Crippen LogP contribution >= 0.6 is 0 Å². The average Bonchev–Trinajstić information content (AvgIpc) is 2.86. The molecule has 2 aromatic carbocycles. The molecular weight excluding hydrogens is 347 g/mol. The van der Waals surface area contributed by atoms with Gasteiger partial charge in [0.25, 0.3) is 11.8 Å². The number of aliphatic hydroxyl groups excluding tert-OH is 1. The van der Waals surface area contributed by atoms with E-state index in [1.54, 1.807) is 24.3 Å². The Hall–Kier alpha value is -3.11. The number of hydrogen-bond donors (Lipinski definition) is 1. The van der Waals surface area contributed by atoms with Crippen LogP contribution in [-0.2, 0) is 0 Å². The Morgan fingerprint density at radius 2 is 1.50 bits per heavy atom. The van der Waals surface area contributed by atoms with Gasteiger partial charge < -0.3 is 5.11 Å². The molecule has 0 fully saturated rings. The number of fused-ring (bicyclic) bond motifs is 1. The maximum atomic E-state index is 12.4. The highest BCUT2D eigenvalue weighted by atomic mass is 19.4. The van der Waals surface area contributed by atoms with E-state index in [0.717, 1.165) is 17.0 Å². The molecule has 1 aliphatic heterocycles. The summed E-state index contributed by atoms with van der Waals surface area (Å²) < 4.78 is 37.3. The normalized spacial score (nSPS) is 14.7. The second-order valence-corrected chi connectivity index (χ2v) is 5.61. The van der Waals surface area contributed by atoms with Crippen molar-refractivity contribution < 1.29 is 27.9 Å². The van der Waals surface area contributed by atoms with E-state index in [2.05, 4.69) is 11.8 Å². The number of hydrogen-bond acceptors (Lipinski definition) is 3. The van der Waals surface area contributed by atoms with Crippen LogP contribution in [0.1, 0.15) is 37.9 Å². The van der Waals surface area contributed by atoms with Crippen molar-refractivity contribution in [2.45, 2.75) is 12.3 Å². The van der Waals surface area contributed by atoms with E-state index in [-0.39, 0.29) is 12.1 Å². The van der Waals surface area contributed by atoms with E-state index in [1.165, 1.54) is 12.1 Å². The zero-order valence-electron chi connectivity index (χ0n) is 13.2. The molecular formula is C19H12F3NO3. The number of amides is 2. The van der Waals surface area contributed by atoms with Crippen molar-refractivity contribution in [1.29, 1.82) is 0 Å². The maximum absolute atomic E-state index is 12.4. The molecule has 3 rings (SSSR count). The Kier molecular flexibility index (Phi) is 4.53. The number of carbonyl (C=O) groups is 2. The number of imide groups is 1. The van der Waals surface area contributed by atoms with Crippen molar-refractivity contribution in [3.63, 3.8) is 0 Å². The Bertz CT molecular complexity index is 889. The number of carbonyl (C=O) groups excluding carboxylic acids is 2. The zero-order valence-corrected chi connectivity index (χ0v) is 13.2. The highest BCUT2D eigenvalue weighted by Crippen LogP contribution is 2.32. The van der Waals surface area contributed by atoms with Crippen molar-refractivity contribution in [2.75, 3.05) is 6.54 Å². The van der Waals surface area contributed by atoms with E-state index in [0.29, 0.717) is 16.7 Å². The smallest absolute Gasteiger partial charge is 0.379 e. The van der Waals surface area contributed by atoms with Crippen LogP contribution in [0.3, 0.4) is 0 Å². The first-order valence-electron chi connectivity index (χ1n) is 7.58. The number of benzene rings is 2. The van der Waals surface area contributed by atoms with E-state index < -0.39 is 24.1 Å². The van der Waals surface area contributed by atoms with Crippen LogP contribution in [0.2, 0.25) is 0 Å². The van der Waals surface area contributed by atoms with Crippen molar-refractivity contribution >= 4 is 11.8 Å². The summed E-state index contributed by atoms with van der Waals surface area (Å²) in [7, 11) is 0. The summed E-state index contributed by atoms with van der Waals surface area (Å²) in [6.45, 7) is -0.126. The molecule has 1 aliphatic rings. The second kappa shape index (κ2) is 6.65. The lowest BCUT2D eigenvalue weighted by atomic mass is 10.1. The highest BCUT2D eigenvalue weighted by Gasteiger charge is 2.39. The van der Waals surface area contributed by atoms with E-state index in [1.807, 2.05) is 0 Å². The van der Waals surface area contributed by atoms with Gasteiger partial charge in [-0.05, 0) is 29.8 Å². The van der Waals surface area contributed by atoms with Gasteiger partial charge in [-0.15, -0.1) is 0 Å². The summed E-state index contributed by atoms with van der Waals surface area (Å²) in [5.41, 5.74) is 0.762. The highest BCUT2D eigenvalue weighted by molar-refractivity contribution is 6.21. The van der Waals surface area contributed by atoms with Crippen LogP contribution in [0.5, 0.6) is 0 Å². The Morgan fingerprint density at radius 1 is 0.962 bits per heavy atom. The molecule has 2 aromatic rings. The molecule has 2 amide bonds. The van der Waals surface area contributed by atoms with Crippen molar-refractivity contribution in [2.24, 2.45) is 0 Å². The van der Waals surface area contributed by atoms with Gasteiger partial charge in [0.05, 0.1) is 17.7 Å². The minimum Gasteiger partial charge on any atom is -0.379 e. The fourth-order valence-electron chi connectivity index (χ4n) is 2.54. The van der Waals surface area contributed by atoms with Gasteiger partial charge in [0.2, 0.25) is 0 Å². The van der Waals surface area contributed by atoms with Crippen LogP contribution in [0.25, 0.3) is 0 Å². The standard InChI is InChI=1S/C19H12F3NO3/c20-19(21,22)16(24)13-9-7-12(8-10-13)4-3-11-23-17(25)14-5-1-2-6-15(14)18(23)26/h1-2,5-10,16,24H,11H2. The summed E-state index contributed by atoms with van der Waals surface area (Å²) in [4.78, 5) is 25.3. The van der Waals surface area contributed by atoms with Gasteiger partial charge in [-0.1, -0.05) is 36.1 Å². The molecule has 1 N–H and O–H groups in total. The molecule has 0 radical (unpaired) electrons. The molecule has 0 saturated heterocycles. The van der Waals surface area contributed by atoms with Gasteiger partial charge in [0.15, 0.2) is 6.10 Å². The molecule has 0 spiro atoms. The topological polar surface area (TPSA) is 57.6 Å². The lowest BCUT2D eigenvalue weighted by Gasteiger charge is -2.14. The van der Waals surface area contributed by atoms with Gasteiger partial charge in [0.1, 0.15) is 0 Å². The average molecular weight is 359 g/mol. The third kappa shape index (κ3) is 3.32. The molecule has 1 heterocycles. The Balaban J connectivity index is 1.70. The lowest BCUT2D eigenvalue weighted by Crippen LogP contribution is -2.29. The van der Waals surface area contributed by atoms with Crippen LogP contribution in [0.15, 0.2) is 48.5 Å². The van der Waals surface area contributed by atoms with Gasteiger partial charge in [-0.3, -0.25) is 14.5 Å². The van der Waals surface area contributed by atoms with E-state index >= 15 is 0 Å². The van der Waals surface area contributed by atoms with Gasteiger partial charge in [0, 0.05) is 5.56 Å². The molecule has 0 aliphatic carbocycles. The molecule has 26 heavy (non-hydrogen) atoms. The van der Waals surface area contributed by atoms with E-state index in [9.17, 15) is 22.8 Å². The second-order valence-electron chi connectivity index (χ2n) is 5.61. The van der Waals surface area contributed by atoms with Crippen molar-refractivity contribution in [1.82, 2.24) is 4.90 Å². The van der Waals surface area contributed by atoms with E-state index in [4.69, 9.17) is 5.11 Å². The van der Waals surface area contributed by atoms with Gasteiger partial charge >= 0.3 is 6.18 Å². The minimum absolute atomic E-state index is 0.126. The molecule has 7 heteroatoms. The largest absolute Gasteiger partial charge is 0.418 e. The van der Waals surface area contributed by atoms with Crippen LogP contribution in [0.4, 0.5) is 13.2 Å². The fourth-order valence-corrected chi connectivity index (χ4v) is 2.54. The fraction of sp³-hybridized carbons (Fsp3) is 0.158. The summed E-state index contributed by atoms with van der Waals surface area (Å²) >= 11 is 0. The predicted molar refractivity (Wildman–Crippen MR) is 86.1 cm³/mol. The molecule has 1 unspecified atom stereocenters. The number of nitrogens with zero attached hydrogens (tertiary/aromatic N) is 1. The number of halogens is 3. The monoisotopic (exact) mass is 359 g/mol. The SMILES string of the molecule is O=C1c2ccccc2C(=O)N1CC#Cc1ccc(C(O)C(F)(F)F)cc1. The Labute approximate surface area is 146 Å². The molecule has 1 atom stereocenters. The van der Waals surface area contributed by atoms with Crippen molar-refractivity contribution in [3.05, 3.63) is 70.8 Å². The van der Waals surface area contributed by atoms with Crippen LogP contribution in [-0.4, -0.2) is 34.5 Å². The van der Waals surface area contributed by atoms with Gasteiger partial charge in [-0.2, -0.15) is 13.2 Å². The minimum atomic E-state index is -4.74.